The molecule has 0 aliphatic carbocycles. The summed E-state index contributed by atoms with van der Waals surface area (Å²) in [6, 6.07) is 11.5. The molecule has 0 spiro atoms. The van der Waals surface area contributed by atoms with E-state index in [0.29, 0.717) is 22.1 Å². The average Bonchev–Trinajstić information content (AvgIpc) is 2.70. The van der Waals surface area contributed by atoms with Gasteiger partial charge in [0, 0.05) is 22.7 Å². The highest BCUT2D eigenvalue weighted by atomic mass is 35.5. The monoisotopic (exact) mass is 400 g/mol. The Morgan fingerprint density at radius 2 is 1.96 bits per heavy atom. The third-order valence-electron chi connectivity index (χ3n) is 3.56. The van der Waals surface area contributed by atoms with E-state index in [1.165, 1.54) is 44.6 Å². The van der Waals surface area contributed by atoms with Gasteiger partial charge in [-0.2, -0.15) is 5.26 Å². The van der Waals surface area contributed by atoms with Crippen LogP contribution in [0.5, 0.6) is 11.5 Å². The molecule has 1 N–H and O–H groups in total. The Kier molecular flexibility index (Phi) is 7.43. The molecule has 2 aromatic carbocycles. The Labute approximate surface area is 167 Å². The maximum absolute atomic E-state index is 11.9. The number of nitrogens with zero attached hydrogens (tertiary/aromatic N) is 1. The molecule has 0 atom stereocenters. The van der Waals surface area contributed by atoms with Gasteiger partial charge in [0.2, 0.25) is 0 Å². The van der Waals surface area contributed by atoms with Crippen molar-refractivity contribution >= 4 is 35.2 Å². The fourth-order valence-corrected chi connectivity index (χ4v) is 2.37. The fraction of sp³-hybridized carbons (Fsp3) is 0.150. The van der Waals surface area contributed by atoms with E-state index in [-0.39, 0.29) is 11.3 Å². The number of carbonyl (C=O) groups excluding carboxylic acids is 2. The van der Waals surface area contributed by atoms with Crippen molar-refractivity contribution in [2.45, 2.75) is 0 Å². The van der Waals surface area contributed by atoms with Crippen molar-refractivity contribution in [3.63, 3.8) is 0 Å². The lowest BCUT2D eigenvalue weighted by Crippen LogP contribution is -2.20. The van der Waals surface area contributed by atoms with Gasteiger partial charge in [0.1, 0.15) is 17.6 Å². The van der Waals surface area contributed by atoms with Gasteiger partial charge in [-0.3, -0.25) is 4.79 Å². The number of nitrogens with one attached hydrogen (secondary N) is 1. The quantitative estimate of drug-likeness (QED) is 0.565. The lowest BCUT2D eigenvalue weighted by molar-refractivity contribution is -0.142. The average molecular weight is 401 g/mol. The van der Waals surface area contributed by atoms with E-state index in [2.05, 4.69) is 5.32 Å². The summed E-state index contributed by atoms with van der Waals surface area (Å²) >= 11 is 5.85. The normalized spacial score (nSPS) is 10.2. The first kappa shape index (κ1) is 20.8. The van der Waals surface area contributed by atoms with E-state index in [0.717, 1.165) is 0 Å². The van der Waals surface area contributed by atoms with E-state index in [4.69, 9.17) is 31.1 Å². The first-order valence-corrected chi connectivity index (χ1v) is 8.41. The third kappa shape index (κ3) is 5.76. The van der Waals surface area contributed by atoms with Crippen LogP contribution in [-0.2, 0) is 14.3 Å². The minimum Gasteiger partial charge on any atom is -0.497 e. The van der Waals surface area contributed by atoms with Crippen LogP contribution in [0.4, 0.5) is 5.69 Å². The lowest BCUT2D eigenvalue weighted by atomic mass is 10.2. The van der Waals surface area contributed by atoms with E-state index < -0.39 is 18.5 Å². The molecule has 0 saturated heterocycles. The van der Waals surface area contributed by atoms with Crippen molar-refractivity contribution in [1.82, 2.24) is 0 Å². The Morgan fingerprint density at radius 3 is 2.64 bits per heavy atom. The molecule has 0 radical (unpaired) electrons. The summed E-state index contributed by atoms with van der Waals surface area (Å²) in [5.74, 6) is -0.167. The first-order chi connectivity index (χ1) is 13.5. The number of esters is 1. The second-order valence-electron chi connectivity index (χ2n) is 5.40. The highest BCUT2D eigenvalue weighted by Crippen LogP contribution is 2.25. The van der Waals surface area contributed by atoms with Crippen molar-refractivity contribution in [1.29, 1.82) is 5.26 Å². The summed E-state index contributed by atoms with van der Waals surface area (Å²) in [4.78, 5) is 23.8. The fourth-order valence-electron chi connectivity index (χ4n) is 2.20. The number of amides is 1. The molecule has 2 aromatic rings. The van der Waals surface area contributed by atoms with Crippen LogP contribution in [0.2, 0.25) is 5.02 Å². The zero-order valence-corrected chi connectivity index (χ0v) is 15.9. The molecular weight excluding hydrogens is 384 g/mol. The number of nitriles is 1. The van der Waals surface area contributed by atoms with Crippen LogP contribution in [0, 0.1) is 11.3 Å². The summed E-state index contributed by atoms with van der Waals surface area (Å²) in [6.07, 6.45) is 2.68. The van der Waals surface area contributed by atoms with Gasteiger partial charge in [0.15, 0.2) is 6.61 Å². The van der Waals surface area contributed by atoms with Crippen LogP contribution in [0.1, 0.15) is 11.1 Å². The number of methoxy groups -OCH3 is 2. The second-order valence-corrected chi connectivity index (χ2v) is 5.84. The summed E-state index contributed by atoms with van der Waals surface area (Å²) < 4.78 is 15.2. The maximum Gasteiger partial charge on any atom is 0.331 e. The van der Waals surface area contributed by atoms with Gasteiger partial charge in [-0.25, -0.2) is 4.79 Å². The molecule has 7 nitrogen and oxygen atoms in total. The molecule has 0 heterocycles. The predicted molar refractivity (Wildman–Crippen MR) is 104 cm³/mol. The van der Waals surface area contributed by atoms with Gasteiger partial charge < -0.3 is 19.5 Å². The summed E-state index contributed by atoms with van der Waals surface area (Å²) in [7, 11) is 3.04. The number of carbonyl (C=O) groups is 2. The second kappa shape index (κ2) is 10.00. The largest absolute Gasteiger partial charge is 0.497 e. The Hall–Kier alpha value is -3.50. The van der Waals surface area contributed by atoms with Crippen LogP contribution in [-0.4, -0.2) is 32.7 Å². The SMILES string of the molecule is COc1ccc(/C=C/C(=O)OCC(=O)Nc2cc(Cl)ccc2C#N)c(OC)c1. The van der Waals surface area contributed by atoms with Crippen LogP contribution >= 0.6 is 11.6 Å². The molecule has 0 aliphatic rings. The third-order valence-corrected chi connectivity index (χ3v) is 3.80. The minimum atomic E-state index is -0.709. The van der Waals surface area contributed by atoms with Gasteiger partial charge in [0.05, 0.1) is 25.5 Å². The number of hydrogen-bond donors (Lipinski definition) is 1. The molecule has 1 amide bonds. The molecule has 28 heavy (non-hydrogen) atoms. The number of halogens is 1. The van der Waals surface area contributed by atoms with Crippen molar-refractivity contribution in [3.8, 4) is 17.6 Å². The van der Waals surface area contributed by atoms with Gasteiger partial charge in [0.25, 0.3) is 5.91 Å². The Morgan fingerprint density at radius 1 is 1.18 bits per heavy atom. The van der Waals surface area contributed by atoms with Crippen LogP contribution in [0.3, 0.4) is 0 Å². The molecule has 0 aromatic heterocycles. The van der Waals surface area contributed by atoms with E-state index >= 15 is 0 Å². The number of anilines is 1. The van der Waals surface area contributed by atoms with Crippen LogP contribution in [0.25, 0.3) is 6.08 Å². The summed E-state index contributed by atoms with van der Waals surface area (Å²) in [5, 5.41) is 11.9. The molecule has 144 valence electrons. The molecular formula is C20H17ClN2O5. The van der Waals surface area contributed by atoms with Gasteiger partial charge in [-0.05, 0) is 36.4 Å². The molecule has 0 aliphatic heterocycles. The zero-order chi connectivity index (χ0) is 20.5. The van der Waals surface area contributed by atoms with Crippen molar-refractivity contribution < 1.29 is 23.8 Å². The van der Waals surface area contributed by atoms with E-state index in [1.54, 1.807) is 18.2 Å². The maximum atomic E-state index is 11.9. The number of benzene rings is 2. The molecule has 2 rings (SSSR count). The van der Waals surface area contributed by atoms with Crippen molar-refractivity contribution in [3.05, 3.63) is 58.6 Å². The number of ether oxygens (including phenoxy) is 3. The van der Waals surface area contributed by atoms with Gasteiger partial charge >= 0.3 is 5.97 Å². The molecule has 8 heteroatoms. The molecule has 0 fully saturated rings. The topological polar surface area (TPSA) is 97.6 Å². The van der Waals surface area contributed by atoms with Crippen LogP contribution in [0.15, 0.2) is 42.5 Å². The predicted octanol–water partition coefficient (Wildman–Crippen LogP) is 3.42. The van der Waals surface area contributed by atoms with Crippen molar-refractivity contribution in [2.75, 3.05) is 26.1 Å². The summed E-state index contributed by atoms with van der Waals surface area (Å²) in [5.41, 5.74) is 1.13. The summed E-state index contributed by atoms with van der Waals surface area (Å²) in [6.45, 7) is -0.514. The van der Waals surface area contributed by atoms with Gasteiger partial charge in [-0.15, -0.1) is 0 Å². The first-order valence-electron chi connectivity index (χ1n) is 8.03. The highest BCUT2D eigenvalue weighted by Gasteiger charge is 2.10. The molecule has 0 bridgehead atoms. The lowest BCUT2D eigenvalue weighted by Gasteiger charge is -2.08. The highest BCUT2D eigenvalue weighted by molar-refractivity contribution is 6.31. The minimum absolute atomic E-state index is 0.245. The van der Waals surface area contributed by atoms with E-state index in [9.17, 15) is 9.59 Å². The molecule has 0 unspecified atom stereocenters. The molecule has 0 saturated carbocycles. The zero-order valence-electron chi connectivity index (χ0n) is 15.2. The Bertz CT molecular complexity index is 950. The number of hydrogen-bond acceptors (Lipinski definition) is 6. The standard InChI is InChI=1S/C20H17ClN2O5/c1-26-16-7-4-13(18(10-16)27-2)5-8-20(25)28-12-19(24)23-17-9-15(21)6-3-14(17)11-22/h3-10H,12H2,1-2H3,(H,23,24)/b8-5+. The van der Waals surface area contributed by atoms with Gasteiger partial charge in [-0.1, -0.05) is 11.6 Å². The van der Waals surface area contributed by atoms with Crippen molar-refractivity contribution in [2.24, 2.45) is 0 Å². The van der Waals surface area contributed by atoms with Crippen LogP contribution < -0.4 is 14.8 Å². The van der Waals surface area contributed by atoms with E-state index in [1.807, 2.05) is 6.07 Å². The smallest absolute Gasteiger partial charge is 0.331 e. The Balaban J connectivity index is 1.94. The number of rotatable bonds is 7.